The molecule has 0 aromatic carbocycles. The molecule has 1 unspecified atom stereocenters. The predicted molar refractivity (Wildman–Crippen MR) is 27.8 cm³/mol. The van der Waals surface area contributed by atoms with Crippen molar-refractivity contribution >= 4 is 6.29 Å². The van der Waals surface area contributed by atoms with Crippen LogP contribution in [0.5, 0.6) is 0 Å². The van der Waals surface area contributed by atoms with Crippen LogP contribution in [0.4, 0.5) is 0 Å². The van der Waals surface area contributed by atoms with Gasteiger partial charge in [-0.05, 0) is 0 Å². The lowest BCUT2D eigenvalue weighted by molar-refractivity contribution is -0.119. The van der Waals surface area contributed by atoms with Crippen molar-refractivity contribution in [1.82, 2.24) is 0 Å². The van der Waals surface area contributed by atoms with E-state index in [0.29, 0.717) is 6.29 Å². The van der Waals surface area contributed by atoms with Crippen molar-refractivity contribution in [2.75, 3.05) is 13.2 Å². The van der Waals surface area contributed by atoms with Crippen LogP contribution in [0.3, 0.4) is 0 Å². The number of ether oxygens (including phenoxy) is 1. The quantitative estimate of drug-likeness (QED) is 0.355. The van der Waals surface area contributed by atoms with Crippen LogP contribution in [0.2, 0.25) is 0 Å². The van der Waals surface area contributed by atoms with Crippen LogP contribution < -0.4 is 0 Å². The summed E-state index contributed by atoms with van der Waals surface area (Å²) in [5.74, 6) is 0. The number of carbonyl (C=O) groups is 1. The van der Waals surface area contributed by atoms with Gasteiger partial charge in [0.25, 0.3) is 0 Å². The van der Waals surface area contributed by atoms with Gasteiger partial charge in [0, 0.05) is 0 Å². The zero-order chi connectivity index (χ0) is 6.91. The van der Waals surface area contributed by atoms with Crippen molar-refractivity contribution in [3.63, 3.8) is 0 Å². The van der Waals surface area contributed by atoms with E-state index in [2.05, 4.69) is 4.74 Å². The van der Waals surface area contributed by atoms with Crippen LogP contribution in [-0.4, -0.2) is 41.4 Å². The minimum absolute atomic E-state index is 0.267. The normalized spacial score (nSPS) is 35.8. The second-order valence-electron chi connectivity index (χ2n) is 2.09. The Morgan fingerprint density at radius 2 is 2.44 bits per heavy atom. The van der Waals surface area contributed by atoms with Crippen molar-refractivity contribution in [3.8, 4) is 0 Å². The highest BCUT2D eigenvalue weighted by atomic mass is 16.6. The molecule has 4 heteroatoms. The first kappa shape index (κ1) is 6.67. The fourth-order valence-electron chi connectivity index (χ4n) is 0.572. The molecule has 0 bridgehead atoms. The summed E-state index contributed by atoms with van der Waals surface area (Å²) in [7, 11) is 0. The average molecular weight is 132 g/mol. The minimum Gasteiger partial charge on any atom is -0.393 e. The van der Waals surface area contributed by atoms with Crippen molar-refractivity contribution in [2.45, 2.75) is 11.7 Å². The molecule has 1 rings (SSSR count). The fourth-order valence-corrected chi connectivity index (χ4v) is 0.572. The van der Waals surface area contributed by atoms with Crippen molar-refractivity contribution in [1.29, 1.82) is 0 Å². The minimum atomic E-state index is -1.18. The molecule has 9 heavy (non-hydrogen) atoms. The van der Waals surface area contributed by atoms with Gasteiger partial charge < -0.3 is 19.7 Å². The summed E-state index contributed by atoms with van der Waals surface area (Å²) in [4.78, 5) is 9.91. The summed E-state index contributed by atoms with van der Waals surface area (Å²) in [6.07, 6.45) is -0.814. The number of epoxide rings is 1. The molecule has 0 aromatic heterocycles. The van der Waals surface area contributed by atoms with E-state index in [1.807, 2.05) is 0 Å². The van der Waals surface area contributed by atoms with Crippen molar-refractivity contribution in [3.05, 3.63) is 0 Å². The van der Waals surface area contributed by atoms with Crippen molar-refractivity contribution < 1.29 is 19.7 Å². The third-order valence-corrected chi connectivity index (χ3v) is 1.45. The van der Waals surface area contributed by atoms with Gasteiger partial charge in [-0.15, -0.1) is 0 Å². The van der Waals surface area contributed by atoms with Crippen LogP contribution >= 0.6 is 0 Å². The van der Waals surface area contributed by atoms with E-state index < -0.39 is 11.7 Å². The Kier molecular flexibility index (Phi) is 1.52. The Bertz CT molecular complexity index is 118. The van der Waals surface area contributed by atoms with E-state index >= 15 is 0 Å². The molecule has 1 aliphatic rings. The van der Waals surface area contributed by atoms with Crippen LogP contribution in [0.1, 0.15) is 0 Å². The first-order valence-corrected chi connectivity index (χ1v) is 2.63. The molecule has 0 spiro atoms. The molecule has 0 aromatic rings. The number of aliphatic hydroxyl groups is 2. The molecule has 0 aliphatic carbocycles. The highest BCUT2D eigenvalue weighted by molar-refractivity contribution is 5.59. The van der Waals surface area contributed by atoms with Gasteiger partial charge in [0.05, 0.1) is 13.2 Å². The topological polar surface area (TPSA) is 70.1 Å². The number of aliphatic hydroxyl groups excluding tert-OH is 2. The summed E-state index contributed by atoms with van der Waals surface area (Å²) < 4.78 is 4.67. The van der Waals surface area contributed by atoms with Gasteiger partial charge in [-0.25, -0.2) is 0 Å². The SMILES string of the molecule is O=C[C@H](O)C1(CO)CO1. The van der Waals surface area contributed by atoms with Gasteiger partial charge in [0.2, 0.25) is 0 Å². The molecule has 1 heterocycles. The zero-order valence-corrected chi connectivity index (χ0v) is 4.78. The van der Waals surface area contributed by atoms with Crippen LogP contribution in [-0.2, 0) is 9.53 Å². The summed E-state index contributed by atoms with van der Waals surface area (Å²) in [5, 5.41) is 17.3. The van der Waals surface area contributed by atoms with E-state index in [1.165, 1.54) is 0 Å². The summed E-state index contributed by atoms with van der Waals surface area (Å²) in [6.45, 7) is -0.0314. The smallest absolute Gasteiger partial charge is 0.151 e. The maximum absolute atomic E-state index is 9.91. The summed E-state index contributed by atoms with van der Waals surface area (Å²) in [5.41, 5.74) is -0.957. The van der Waals surface area contributed by atoms with Gasteiger partial charge in [0.1, 0.15) is 11.7 Å². The fraction of sp³-hybridized carbons (Fsp3) is 0.800. The molecule has 4 nitrogen and oxygen atoms in total. The lowest BCUT2D eigenvalue weighted by Gasteiger charge is -2.08. The lowest BCUT2D eigenvalue weighted by atomic mass is 10.1. The third-order valence-electron chi connectivity index (χ3n) is 1.45. The Morgan fingerprint density at radius 3 is 2.56 bits per heavy atom. The van der Waals surface area contributed by atoms with Gasteiger partial charge in [-0.3, -0.25) is 0 Å². The zero-order valence-electron chi connectivity index (χ0n) is 4.78. The number of aldehydes is 1. The van der Waals surface area contributed by atoms with Crippen LogP contribution in [0.25, 0.3) is 0 Å². The first-order chi connectivity index (χ1) is 4.25. The molecule has 1 saturated heterocycles. The molecule has 0 saturated carbocycles. The molecule has 1 fully saturated rings. The van der Waals surface area contributed by atoms with Gasteiger partial charge in [0.15, 0.2) is 6.29 Å². The Morgan fingerprint density at radius 1 is 1.89 bits per heavy atom. The summed E-state index contributed by atoms with van der Waals surface area (Å²) >= 11 is 0. The number of carbonyl (C=O) groups excluding carboxylic acids is 1. The standard InChI is InChI=1S/C5H8O4/c6-1-4(8)5(2-7)3-9-5/h1,4,7-8H,2-3H2/t4-,5?/m0/s1. The number of rotatable bonds is 3. The van der Waals surface area contributed by atoms with Crippen LogP contribution in [0, 0.1) is 0 Å². The molecule has 0 amide bonds. The second kappa shape index (κ2) is 2.06. The molecule has 0 radical (unpaired) electrons. The number of hydrogen-bond donors (Lipinski definition) is 2. The monoisotopic (exact) mass is 132 g/mol. The van der Waals surface area contributed by atoms with E-state index in [-0.39, 0.29) is 13.2 Å². The molecular formula is C5H8O4. The van der Waals surface area contributed by atoms with Gasteiger partial charge in [-0.1, -0.05) is 0 Å². The average Bonchev–Trinajstić information content (AvgIpc) is 2.66. The van der Waals surface area contributed by atoms with E-state index in [9.17, 15) is 4.79 Å². The Labute approximate surface area is 52.1 Å². The van der Waals surface area contributed by atoms with E-state index in [1.54, 1.807) is 0 Å². The van der Waals surface area contributed by atoms with E-state index in [4.69, 9.17) is 10.2 Å². The number of hydrogen-bond acceptors (Lipinski definition) is 4. The highest BCUT2D eigenvalue weighted by Crippen LogP contribution is 2.28. The Balaban J connectivity index is 2.48. The largest absolute Gasteiger partial charge is 0.393 e. The third kappa shape index (κ3) is 0.962. The Hall–Kier alpha value is -0.450. The molecule has 2 atom stereocenters. The predicted octanol–water partition coefficient (Wildman–Crippen LogP) is -1.69. The van der Waals surface area contributed by atoms with Crippen LogP contribution in [0.15, 0.2) is 0 Å². The molecular weight excluding hydrogens is 124 g/mol. The van der Waals surface area contributed by atoms with Gasteiger partial charge in [-0.2, -0.15) is 0 Å². The molecule has 1 aliphatic heterocycles. The maximum atomic E-state index is 9.91. The lowest BCUT2D eigenvalue weighted by Crippen LogP contribution is -2.34. The highest BCUT2D eigenvalue weighted by Gasteiger charge is 2.50. The van der Waals surface area contributed by atoms with Gasteiger partial charge >= 0.3 is 0 Å². The first-order valence-electron chi connectivity index (χ1n) is 2.63. The van der Waals surface area contributed by atoms with Crippen molar-refractivity contribution in [2.24, 2.45) is 0 Å². The maximum Gasteiger partial charge on any atom is 0.151 e. The molecule has 2 N–H and O–H groups in total. The molecule has 52 valence electrons. The second-order valence-corrected chi connectivity index (χ2v) is 2.09. The van der Waals surface area contributed by atoms with E-state index in [0.717, 1.165) is 0 Å². The summed E-state index contributed by atoms with van der Waals surface area (Å²) in [6, 6.07) is 0.